The summed E-state index contributed by atoms with van der Waals surface area (Å²) in [5.74, 6) is -2.87. The van der Waals surface area contributed by atoms with Gasteiger partial charge in [0.15, 0.2) is 34.5 Å². The van der Waals surface area contributed by atoms with Gasteiger partial charge in [-0.3, -0.25) is 0 Å². The first-order chi connectivity index (χ1) is 61.4. The molecule has 0 saturated carbocycles. The quantitative estimate of drug-likeness (QED) is 0.0346. The average Bonchev–Trinajstić information content (AvgIpc) is 0.739. The van der Waals surface area contributed by atoms with Crippen LogP contribution in [0.4, 0.5) is 32.2 Å². The number of aromatic nitrogens is 3. The van der Waals surface area contributed by atoms with Crippen LogP contribution in [0.25, 0.3) is 0 Å². The molecule has 0 fully saturated rings. The Morgan fingerprint density at radius 1 is 0.230 bits per heavy atom. The van der Waals surface area contributed by atoms with Crippen molar-refractivity contribution in [2.24, 2.45) is 0 Å². The van der Waals surface area contributed by atoms with Crippen LogP contribution in [0.1, 0.15) is 427 Å². The highest BCUT2D eigenvalue weighted by Crippen LogP contribution is 2.39. The van der Waals surface area contributed by atoms with Gasteiger partial charge in [0.25, 0.3) is 47.9 Å². The van der Waals surface area contributed by atoms with Gasteiger partial charge in [-0.1, -0.05) is 388 Å². The Morgan fingerprint density at radius 2 is 0.373 bits per heavy atom. The van der Waals surface area contributed by atoms with E-state index in [4.69, 9.17) is 28.4 Å². The molecule has 0 radical (unpaired) electrons. The molecule has 0 unspecified atom stereocenters. The molecule has 3 N–H and O–H groups in total. The molecule has 0 spiro atoms. The maximum Gasteiger partial charge on any atom is 0.338 e. The number of anilines is 3. The lowest BCUT2D eigenvalue weighted by Crippen LogP contribution is -2.47. The van der Waals surface area contributed by atoms with Gasteiger partial charge in [0, 0.05) is 39.3 Å². The van der Waals surface area contributed by atoms with Crippen LogP contribution >= 0.6 is 0 Å². The second-order valence-electron chi connectivity index (χ2n) is 34.2. The fourth-order valence-corrected chi connectivity index (χ4v) is 19.4. The van der Waals surface area contributed by atoms with E-state index in [1.807, 2.05) is 0 Å². The number of amides is 6. The molecule has 0 aliphatic rings. The van der Waals surface area contributed by atoms with E-state index in [0.717, 1.165) is 195 Å². The monoisotopic (exact) mass is 1820 g/mol. The van der Waals surface area contributed by atoms with Crippen LogP contribution in [-0.4, -0.2) is 119 Å². The van der Waals surface area contributed by atoms with E-state index in [1.54, 1.807) is 0 Å². The minimum atomic E-state index is -5.39. The van der Waals surface area contributed by atoms with E-state index in [2.05, 4.69) is 72.4 Å². The van der Waals surface area contributed by atoms with E-state index in [-0.39, 0.29) is 67.2 Å². The topological polar surface area (TPSA) is 293 Å². The highest BCUT2D eigenvalue weighted by atomic mass is 32.2. The van der Waals surface area contributed by atoms with Crippen LogP contribution in [0.15, 0.2) is 69.3 Å². The van der Waals surface area contributed by atoms with Crippen molar-refractivity contribution in [1.82, 2.24) is 30.9 Å². The zero-order valence-electron chi connectivity index (χ0n) is 79.9. The Morgan fingerprint density at radius 3 is 0.524 bits per heavy atom. The summed E-state index contributed by atoms with van der Waals surface area (Å²) in [6.45, 7) is 14.7. The van der Waals surface area contributed by atoms with Crippen molar-refractivity contribution >= 4 is 66.0 Å². The molecule has 0 aliphatic heterocycles. The van der Waals surface area contributed by atoms with E-state index >= 15 is 25.3 Å². The van der Waals surface area contributed by atoms with Gasteiger partial charge in [0.1, 0.15) is 0 Å². The van der Waals surface area contributed by atoms with Gasteiger partial charge >= 0.3 is 18.1 Å². The largest absolute Gasteiger partial charge is 0.490 e. The van der Waals surface area contributed by atoms with Crippen LogP contribution in [0.3, 0.4) is 0 Å². The molecular weight excluding hydrogens is 1650 g/mol. The Labute approximate surface area is 764 Å². The number of nitrogens with one attached hydrogen (secondary N) is 3. The number of hydrogen-bond donors (Lipinski definition) is 3. The van der Waals surface area contributed by atoms with Crippen LogP contribution in [0.5, 0.6) is 34.5 Å². The van der Waals surface area contributed by atoms with Gasteiger partial charge < -0.3 is 44.4 Å². The molecule has 0 saturated heterocycles. The van der Waals surface area contributed by atoms with Gasteiger partial charge in [-0.15, -0.1) is 12.9 Å². The highest BCUT2D eigenvalue weighted by molar-refractivity contribution is 7.94. The summed E-state index contributed by atoms with van der Waals surface area (Å²) in [5.41, 5.74) is 0. The fraction of sp³-hybridized carbons (Fsp3) is 0.758. The van der Waals surface area contributed by atoms with Gasteiger partial charge in [0.05, 0.1) is 54.3 Å². The third-order valence-electron chi connectivity index (χ3n) is 23.2. The molecule has 126 heavy (non-hydrogen) atoms. The summed E-state index contributed by atoms with van der Waals surface area (Å²) >= 11 is 0. The van der Waals surface area contributed by atoms with Gasteiger partial charge in [0.2, 0.25) is 0 Å². The first-order valence-corrected chi connectivity index (χ1v) is 54.4. The zero-order chi connectivity index (χ0) is 91.4. The molecule has 6 amide bonds. The Bertz CT molecular complexity index is 3480. The average molecular weight is 1820 g/mol. The van der Waals surface area contributed by atoms with Crippen molar-refractivity contribution in [2.45, 2.75) is 441 Å². The second-order valence-corrected chi connectivity index (χ2v) is 39.6. The number of nitrogens with zero attached hydrogens (tertiary/aromatic N) is 6. The predicted molar refractivity (Wildman–Crippen MR) is 516 cm³/mol. The minimum Gasteiger partial charge on any atom is -0.490 e. The van der Waals surface area contributed by atoms with Gasteiger partial charge in [-0.2, -0.15) is 15.0 Å². The molecule has 720 valence electrons. The van der Waals surface area contributed by atoms with Crippen molar-refractivity contribution < 1.29 is 68.1 Å². The van der Waals surface area contributed by atoms with Crippen molar-refractivity contribution in [2.75, 3.05) is 73.7 Å². The van der Waals surface area contributed by atoms with Crippen molar-refractivity contribution in [3.05, 3.63) is 54.6 Å². The third-order valence-corrected chi connectivity index (χ3v) is 28.2. The molecule has 4 rings (SSSR count). The fourth-order valence-electron chi connectivity index (χ4n) is 15.4. The number of rotatable bonds is 81. The number of urea groups is 3. The van der Waals surface area contributed by atoms with Crippen LogP contribution in [0, 0.1) is 0 Å². The zero-order valence-corrected chi connectivity index (χ0v) is 82.3. The van der Waals surface area contributed by atoms with Crippen molar-refractivity contribution in [3.8, 4) is 34.5 Å². The lowest BCUT2D eigenvalue weighted by molar-refractivity contribution is 0.250. The molecule has 24 nitrogen and oxygen atoms in total. The number of hydrogen-bond acceptors (Lipinski definition) is 18. The standard InChI is InChI=1S/C99H171N9O15S3/c1-10-16-22-28-34-40-46-52-58-64-76-118-88-73-70-85(82-91(88)121-79-67-61-55-49-43-37-31-25-19-13-4)124(112,113)106(97(109)100-7)94-103-95(107(98(110)101-8)125(114,115)86-71-74-89(119-77-65-59-53-47-41-35-29-23-17-11-2)92(83-86)122-80-68-62-56-50-44-38-32-26-20-14-5)105-96(104-94)108(99(111)102-9)126(116,117)87-72-75-90(120-78-66-60-54-48-42-36-30-24-18-12-3)93(84-87)123-81-69-63-57-51-45-39-33-27-21-15-6/h70-75,82-84H,10-69,76-81H2,1-9H3,(H,100,109)(H,101,110)(H,102,111). The molecule has 0 aliphatic carbocycles. The summed E-state index contributed by atoms with van der Waals surface area (Å²) in [6, 6.07) is 7.22. The van der Waals surface area contributed by atoms with Crippen LogP contribution in [0.2, 0.25) is 0 Å². The molecule has 0 bridgehead atoms. The summed E-state index contributed by atoms with van der Waals surface area (Å²) in [5, 5.41) is 7.02. The third kappa shape index (κ3) is 44.6. The maximum absolute atomic E-state index is 16.0. The van der Waals surface area contributed by atoms with Crippen molar-refractivity contribution in [3.63, 3.8) is 0 Å². The van der Waals surface area contributed by atoms with E-state index < -0.39 is 80.7 Å². The predicted octanol–water partition coefficient (Wildman–Crippen LogP) is 27.3. The SMILES string of the molecule is CCCCCCCCCCCCOc1ccc(S(=O)(=O)N(C(=O)NC)c2nc(N(C(=O)NC)S(=O)(=O)c3ccc(OCCCCCCCCCCCC)c(OCCCCCCCCCCCC)c3)nc(N(C(=O)NC)S(=O)(=O)c3ccc(OCCCCCCCCCCCC)c(OCCCCCCCCCCCC)c3)n2)cc1OCCCCCCCCCCCC. The Balaban J connectivity index is 1.98. The lowest BCUT2D eigenvalue weighted by atomic mass is 10.1. The molecule has 3 aromatic carbocycles. The second kappa shape index (κ2) is 70.0. The summed E-state index contributed by atoms with van der Waals surface area (Å²) < 4.78 is 134. The molecule has 1 heterocycles. The van der Waals surface area contributed by atoms with Gasteiger partial charge in [-0.25, -0.2) is 39.6 Å². The molecule has 1 aromatic heterocycles. The van der Waals surface area contributed by atoms with E-state index in [9.17, 15) is 14.4 Å². The Hall–Kier alpha value is -6.87. The number of sulfonamides is 3. The van der Waals surface area contributed by atoms with Crippen LogP contribution in [-0.2, 0) is 30.1 Å². The molecule has 0 atom stereocenters. The smallest absolute Gasteiger partial charge is 0.338 e. The maximum atomic E-state index is 16.0. The first-order valence-electron chi connectivity index (χ1n) is 50.1. The summed E-state index contributed by atoms with van der Waals surface area (Å²) in [4.78, 5) is 56.3. The lowest BCUT2D eigenvalue weighted by Gasteiger charge is -2.26. The molecule has 27 heteroatoms. The highest BCUT2D eigenvalue weighted by Gasteiger charge is 2.42. The van der Waals surface area contributed by atoms with Gasteiger partial charge in [-0.05, 0) is 74.9 Å². The number of unbranched alkanes of at least 4 members (excludes halogenated alkanes) is 54. The molecular formula is C99H171N9O15S3. The Kier molecular flexibility index (Phi) is 61.9. The number of ether oxygens (including phenoxy) is 6. The molecule has 4 aromatic rings. The first kappa shape index (κ1) is 111. The van der Waals surface area contributed by atoms with E-state index in [0.29, 0.717) is 39.1 Å². The normalized spacial score (nSPS) is 11.7. The van der Waals surface area contributed by atoms with E-state index in [1.165, 1.54) is 247 Å². The number of carbonyl (C=O) groups is 3. The summed E-state index contributed by atoms with van der Waals surface area (Å²) in [7, 11) is -12.8. The van der Waals surface area contributed by atoms with Crippen LogP contribution < -0.4 is 57.3 Å². The number of carbonyl (C=O) groups excluding carboxylic acids is 3. The minimum absolute atomic E-state index is 0.0471. The van der Waals surface area contributed by atoms with Crippen molar-refractivity contribution in [1.29, 1.82) is 0 Å². The number of benzene rings is 3. The summed E-state index contributed by atoms with van der Waals surface area (Å²) in [6.07, 6.45) is 65.2.